The Balaban J connectivity index is 1.41. The third-order valence-electron chi connectivity index (χ3n) is 5.47. The van der Waals surface area contributed by atoms with Crippen LogP contribution in [-0.2, 0) is 19.5 Å². The fraction of sp³-hybridized carbons (Fsp3) is 0.217. The molecule has 0 saturated carbocycles. The molecule has 7 nitrogen and oxygen atoms in total. The molecule has 1 aliphatic heterocycles. The Morgan fingerprint density at radius 3 is 2.83 bits per heavy atom. The highest BCUT2D eigenvalue weighted by Crippen LogP contribution is 2.21. The van der Waals surface area contributed by atoms with Crippen LogP contribution in [0.1, 0.15) is 22.5 Å². The first-order valence-corrected chi connectivity index (χ1v) is 10.0. The molecule has 4 aromatic rings. The van der Waals surface area contributed by atoms with Gasteiger partial charge in [-0.25, -0.2) is 9.97 Å². The summed E-state index contributed by atoms with van der Waals surface area (Å²) in [6.45, 7) is 4.29. The molecule has 1 N–H and O–H groups in total. The normalized spacial score (nSPS) is 13.9. The maximum absolute atomic E-state index is 12.6. The van der Waals surface area contributed by atoms with Crippen LogP contribution in [0, 0.1) is 6.92 Å². The van der Waals surface area contributed by atoms with E-state index in [2.05, 4.69) is 43.5 Å². The molecule has 1 aliphatic rings. The van der Waals surface area contributed by atoms with Gasteiger partial charge in [-0.3, -0.25) is 14.7 Å². The van der Waals surface area contributed by atoms with E-state index in [0.29, 0.717) is 18.8 Å². The van der Waals surface area contributed by atoms with E-state index in [1.807, 2.05) is 36.7 Å². The van der Waals surface area contributed by atoms with E-state index in [9.17, 15) is 4.79 Å². The largest absolute Gasteiger partial charge is 0.306 e. The summed E-state index contributed by atoms with van der Waals surface area (Å²) in [5.41, 5.74) is 4.80. The molecule has 0 atom stereocenters. The number of rotatable bonds is 4. The molecule has 0 saturated heterocycles. The van der Waals surface area contributed by atoms with Gasteiger partial charge in [0.15, 0.2) is 0 Å². The molecule has 150 valence electrons. The molecule has 0 unspecified atom stereocenters. The number of aromatic nitrogens is 5. The molecule has 0 fully saturated rings. The van der Waals surface area contributed by atoms with Crippen LogP contribution >= 0.6 is 0 Å². The van der Waals surface area contributed by atoms with Gasteiger partial charge in [-0.05, 0) is 55.3 Å². The van der Waals surface area contributed by atoms with Crippen molar-refractivity contribution in [2.45, 2.75) is 26.4 Å². The average molecular weight is 398 g/mol. The highest BCUT2D eigenvalue weighted by Gasteiger charge is 2.22. The zero-order valence-electron chi connectivity index (χ0n) is 16.7. The van der Waals surface area contributed by atoms with Gasteiger partial charge in [0, 0.05) is 61.2 Å². The molecule has 5 rings (SSSR count). The molecule has 4 aromatic heterocycles. The second kappa shape index (κ2) is 7.68. The van der Waals surface area contributed by atoms with Crippen molar-refractivity contribution >= 4 is 0 Å². The molecule has 0 aliphatic carbocycles. The van der Waals surface area contributed by atoms with Gasteiger partial charge in [0.05, 0.1) is 5.69 Å². The molecule has 0 radical (unpaired) electrons. The number of nitrogens with zero attached hydrogens (tertiary/aromatic N) is 5. The zero-order valence-corrected chi connectivity index (χ0v) is 16.7. The van der Waals surface area contributed by atoms with Crippen LogP contribution in [0.3, 0.4) is 0 Å². The number of fused-ring (bicyclic) bond motifs is 1. The summed E-state index contributed by atoms with van der Waals surface area (Å²) in [7, 11) is 0. The van der Waals surface area contributed by atoms with E-state index in [4.69, 9.17) is 4.98 Å². The maximum atomic E-state index is 12.6. The Kier molecular flexibility index (Phi) is 4.72. The number of aromatic amines is 1. The molecule has 0 spiro atoms. The predicted molar refractivity (Wildman–Crippen MR) is 114 cm³/mol. The molecule has 0 bridgehead atoms. The SMILES string of the molecule is Cc1ccnc(-n2cccc2CN2CCc3c(nc(-c4ccncc4)[nH]c3=O)C2)c1. The Morgan fingerprint density at radius 2 is 2.00 bits per heavy atom. The predicted octanol–water partition coefficient (Wildman–Crippen LogP) is 2.88. The van der Waals surface area contributed by atoms with Crippen LogP contribution in [0.2, 0.25) is 0 Å². The van der Waals surface area contributed by atoms with E-state index in [0.717, 1.165) is 41.4 Å². The smallest absolute Gasteiger partial charge is 0.254 e. The van der Waals surface area contributed by atoms with E-state index in [1.165, 1.54) is 5.56 Å². The zero-order chi connectivity index (χ0) is 20.5. The molecule has 0 aromatic carbocycles. The standard InChI is InChI=1S/C23H22N6O/c1-16-4-10-25-21(13-16)29-11-2-3-18(29)14-28-12-7-19-20(15-28)26-22(27-23(19)30)17-5-8-24-9-6-17/h2-6,8-11,13H,7,12,14-15H2,1H3,(H,26,27,30). The van der Waals surface area contributed by atoms with Crippen LogP contribution in [0.25, 0.3) is 17.2 Å². The minimum absolute atomic E-state index is 0.0428. The number of pyridine rings is 2. The average Bonchev–Trinajstić information content (AvgIpc) is 3.22. The number of nitrogens with one attached hydrogen (secondary N) is 1. The summed E-state index contributed by atoms with van der Waals surface area (Å²) in [6.07, 6.45) is 7.97. The summed E-state index contributed by atoms with van der Waals surface area (Å²) in [4.78, 5) is 31.2. The van der Waals surface area contributed by atoms with Gasteiger partial charge in [-0.15, -0.1) is 0 Å². The fourth-order valence-electron chi connectivity index (χ4n) is 3.92. The van der Waals surface area contributed by atoms with Crippen molar-refractivity contribution in [3.63, 3.8) is 0 Å². The van der Waals surface area contributed by atoms with E-state index in [-0.39, 0.29) is 5.56 Å². The monoisotopic (exact) mass is 398 g/mol. The molecule has 30 heavy (non-hydrogen) atoms. The minimum Gasteiger partial charge on any atom is -0.306 e. The lowest BCUT2D eigenvalue weighted by Crippen LogP contribution is -2.35. The second-order valence-electron chi connectivity index (χ2n) is 7.60. The van der Waals surface area contributed by atoms with Gasteiger partial charge in [-0.2, -0.15) is 0 Å². The van der Waals surface area contributed by atoms with Crippen LogP contribution in [0.15, 0.2) is 66.0 Å². The van der Waals surface area contributed by atoms with Crippen LogP contribution in [-0.4, -0.2) is 35.9 Å². The van der Waals surface area contributed by atoms with Crippen molar-refractivity contribution in [2.24, 2.45) is 0 Å². The summed E-state index contributed by atoms with van der Waals surface area (Å²) >= 11 is 0. The summed E-state index contributed by atoms with van der Waals surface area (Å²) < 4.78 is 2.12. The third-order valence-corrected chi connectivity index (χ3v) is 5.47. The van der Waals surface area contributed by atoms with Crippen molar-refractivity contribution in [1.82, 2.24) is 29.4 Å². The fourth-order valence-corrected chi connectivity index (χ4v) is 3.92. The number of hydrogen-bond donors (Lipinski definition) is 1. The Morgan fingerprint density at radius 1 is 1.13 bits per heavy atom. The van der Waals surface area contributed by atoms with Gasteiger partial charge in [0.25, 0.3) is 5.56 Å². The molecule has 0 amide bonds. The first-order chi connectivity index (χ1) is 14.7. The van der Waals surface area contributed by atoms with Gasteiger partial charge in [0.1, 0.15) is 11.6 Å². The lowest BCUT2D eigenvalue weighted by molar-refractivity contribution is 0.236. The van der Waals surface area contributed by atoms with Crippen molar-refractivity contribution in [3.05, 3.63) is 94.1 Å². The Hall–Kier alpha value is -3.58. The summed E-state index contributed by atoms with van der Waals surface area (Å²) in [6, 6.07) is 11.9. The molecular formula is C23H22N6O. The van der Waals surface area contributed by atoms with E-state index >= 15 is 0 Å². The lowest BCUT2D eigenvalue weighted by Gasteiger charge is -2.28. The lowest BCUT2D eigenvalue weighted by atomic mass is 10.1. The first-order valence-electron chi connectivity index (χ1n) is 10.0. The van der Waals surface area contributed by atoms with Gasteiger partial charge < -0.3 is 9.55 Å². The summed E-state index contributed by atoms with van der Waals surface area (Å²) in [5, 5.41) is 0. The van der Waals surface area contributed by atoms with Crippen LogP contribution in [0.5, 0.6) is 0 Å². The third kappa shape index (κ3) is 3.55. The first kappa shape index (κ1) is 18.4. The Labute approximate surface area is 174 Å². The van der Waals surface area contributed by atoms with E-state index < -0.39 is 0 Å². The minimum atomic E-state index is -0.0428. The topological polar surface area (TPSA) is 79.7 Å². The summed E-state index contributed by atoms with van der Waals surface area (Å²) in [5.74, 6) is 1.51. The molecular weight excluding hydrogens is 376 g/mol. The highest BCUT2D eigenvalue weighted by molar-refractivity contribution is 5.54. The van der Waals surface area contributed by atoms with Gasteiger partial charge in [0.2, 0.25) is 0 Å². The van der Waals surface area contributed by atoms with Crippen molar-refractivity contribution in [2.75, 3.05) is 6.54 Å². The van der Waals surface area contributed by atoms with Crippen LogP contribution < -0.4 is 5.56 Å². The van der Waals surface area contributed by atoms with Crippen LogP contribution in [0.4, 0.5) is 0 Å². The van der Waals surface area contributed by atoms with Crippen molar-refractivity contribution < 1.29 is 0 Å². The second-order valence-corrected chi connectivity index (χ2v) is 7.60. The number of aryl methyl sites for hydroxylation is 1. The Bertz CT molecular complexity index is 1240. The number of hydrogen-bond acceptors (Lipinski definition) is 5. The van der Waals surface area contributed by atoms with Crippen molar-refractivity contribution in [1.29, 1.82) is 0 Å². The highest BCUT2D eigenvalue weighted by atomic mass is 16.1. The van der Waals surface area contributed by atoms with Gasteiger partial charge >= 0.3 is 0 Å². The molecule has 7 heteroatoms. The maximum Gasteiger partial charge on any atom is 0.254 e. The number of H-pyrrole nitrogens is 1. The van der Waals surface area contributed by atoms with Gasteiger partial charge in [-0.1, -0.05) is 0 Å². The van der Waals surface area contributed by atoms with E-state index in [1.54, 1.807) is 12.4 Å². The van der Waals surface area contributed by atoms with Crippen molar-refractivity contribution in [3.8, 4) is 17.2 Å². The quantitative estimate of drug-likeness (QED) is 0.572. The molecule has 5 heterocycles.